The minimum Gasteiger partial charge on any atom is -0.369 e. The van der Waals surface area contributed by atoms with Gasteiger partial charge in [-0.15, -0.1) is 0 Å². The van der Waals surface area contributed by atoms with E-state index in [9.17, 15) is 9.18 Å². The average molecular weight is 329 g/mol. The van der Waals surface area contributed by atoms with Gasteiger partial charge in [0.15, 0.2) is 5.78 Å². The van der Waals surface area contributed by atoms with E-state index in [1.54, 1.807) is 12.1 Å². The number of rotatable bonds is 2. The highest BCUT2D eigenvalue weighted by atomic mass is 79.9. The number of carbonyl (C=O) groups excluding carboxylic acids is 1. The summed E-state index contributed by atoms with van der Waals surface area (Å²) in [6.45, 7) is 7.69. The van der Waals surface area contributed by atoms with Crippen molar-refractivity contribution in [2.24, 2.45) is 5.92 Å². The predicted molar refractivity (Wildman–Crippen MR) is 75.8 cm³/mol. The third kappa shape index (κ3) is 2.75. The summed E-state index contributed by atoms with van der Waals surface area (Å²) in [5, 5.41) is 0. The smallest absolute Gasteiger partial charge is 0.173 e. The number of halogens is 2. The Kier molecular flexibility index (Phi) is 3.60. The Bertz CT molecular complexity index is 503. The molecule has 1 atom stereocenters. The van der Waals surface area contributed by atoms with Gasteiger partial charge in [-0.25, -0.2) is 4.39 Å². The Morgan fingerprint density at radius 2 is 2.00 bits per heavy atom. The molecule has 0 saturated carbocycles. The van der Waals surface area contributed by atoms with Gasteiger partial charge in [0.1, 0.15) is 5.82 Å². The molecule has 4 heteroatoms. The predicted octanol–water partition coefficient (Wildman–Crippen LogP) is 4.36. The lowest BCUT2D eigenvalue weighted by Crippen LogP contribution is -2.34. The Labute approximate surface area is 121 Å². The Hall–Kier alpha value is -0.740. The molecule has 1 heterocycles. The van der Waals surface area contributed by atoms with Gasteiger partial charge in [0, 0.05) is 4.47 Å². The molecule has 19 heavy (non-hydrogen) atoms. The van der Waals surface area contributed by atoms with E-state index in [2.05, 4.69) is 15.9 Å². The number of Topliss-reactive ketones (excluding diaryl/α,β-unsaturated/α-hetero) is 1. The van der Waals surface area contributed by atoms with Gasteiger partial charge in [-0.3, -0.25) is 4.79 Å². The van der Waals surface area contributed by atoms with Gasteiger partial charge in [-0.2, -0.15) is 0 Å². The van der Waals surface area contributed by atoms with Gasteiger partial charge in [0.05, 0.1) is 22.7 Å². The average Bonchev–Trinajstić information content (AvgIpc) is 2.46. The highest BCUT2D eigenvalue weighted by Gasteiger charge is 2.49. The van der Waals surface area contributed by atoms with E-state index in [0.29, 0.717) is 10.9 Å². The summed E-state index contributed by atoms with van der Waals surface area (Å²) in [5.74, 6) is -1.02. The van der Waals surface area contributed by atoms with Crippen molar-refractivity contribution < 1.29 is 13.9 Å². The van der Waals surface area contributed by atoms with Crippen LogP contribution in [0.2, 0.25) is 0 Å². The first-order valence-electron chi connectivity index (χ1n) is 6.32. The topological polar surface area (TPSA) is 26.3 Å². The molecule has 1 aliphatic heterocycles. The zero-order chi connectivity index (χ0) is 14.4. The standard InChI is InChI=1S/C15H18BrFO2/c1-14(2)8-9(15(3,4)19-14)13(18)12-10(16)6-5-7-11(12)17/h5-7,9H,8H2,1-4H3. The maximum absolute atomic E-state index is 13.9. The third-order valence-corrected chi connectivity index (χ3v) is 4.26. The molecule has 0 aliphatic carbocycles. The van der Waals surface area contributed by atoms with Gasteiger partial charge in [-0.05, 0) is 62.2 Å². The fraction of sp³-hybridized carbons (Fsp3) is 0.533. The molecule has 1 aromatic carbocycles. The van der Waals surface area contributed by atoms with Crippen molar-refractivity contribution in [2.75, 3.05) is 0 Å². The molecule has 1 aliphatic rings. The fourth-order valence-electron chi connectivity index (χ4n) is 2.88. The van der Waals surface area contributed by atoms with Crippen molar-refractivity contribution in [1.29, 1.82) is 0 Å². The zero-order valence-corrected chi connectivity index (χ0v) is 13.2. The Morgan fingerprint density at radius 1 is 1.37 bits per heavy atom. The van der Waals surface area contributed by atoms with E-state index in [0.717, 1.165) is 0 Å². The summed E-state index contributed by atoms with van der Waals surface area (Å²) in [5.41, 5.74) is -0.814. The van der Waals surface area contributed by atoms with E-state index in [1.165, 1.54) is 6.07 Å². The van der Waals surface area contributed by atoms with Crippen LogP contribution in [0.25, 0.3) is 0 Å². The van der Waals surface area contributed by atoms with Gasteiger partial charge in [-0.1, -0.05) is 6.07 Å². The second-order valence-electron chi connectivity index (χ2n) is 6.18. The summed E-state index contributed by atoms with van der Waals surface area (Å²) in [6, 6.07) is 4.58. The van der Waals surface area contributed by atoms with E-state index in [-0.39, 0.29) is 22.9 Å². The second kappa shape index (κ2) is 4.67. The molecule has 0 bridgehead atoms. The van der Waals surface area contributed by atoms with Crippen LogP contribution in [0.1, 0.15) is 44.5 Å². The quantitative estimate of drug-likeness (QED) is 0.754. The highest BCUT2D eigenvalue weighted by molar-refractivity contribution is 9.10. The molecule has 0 spiro atoms. The largest absolute Gasteiger partial charge is 0.369 e. The lowest BCUT2D eigenvalue weighted by atomic mass is 9.81. The minimum absolute atomic E-state index is 0.127. The summed E-state index contributed by atoms with van der Waals surface area (Å²) in [6.07, 6.45) is 0.597. The first-order chi connectivity index (χ1) is 8.64. The van der Waals surface area contributed by atoms with Crippen molar-refractivity contribution in [3.63, 3.8) is 0 Å². The van der Waals surface area contributed by atoms with Crippen molar-refractivity contribution in [2.45, 2.75) is 45.3 Å². The van der Waals surface area contributed by atoms with Crippen LogP contribution in [0.3, 0.4) is 0 Å². The molecule has 0 N–H and O–H groups in total. The Balaban J connectivity index is 2.40. The number of hydrogen-bond acceptors (Lipinski definition) is 2. The molecule has 2 nitrogen and oxygen atoms in total. The molecule has 1 saturated heterocycles. The number of benzene rings is 1. The van der Waals surface area contributed by atoms with Crippen molar-refractivity contribution in [1.82, 2.24) is 0 Å². The van der Waals surface area contributed by atoms with Crippen LogP contribution in [0.15, 0.2) is 22.7 Å². The van der Waals surface area contributed by atoms with Crippen molar-refractivity contribution in [3.8, 4) is 0 Å². The molecular formula is C15H18BrFO2. The van der Waals surface area contributed by atoms with E-state index < -0.39 is 11.4 Å². The van der Waals surface area contributed by atoms with E-state index in [1.807, 2.05) is 27.7 Å². The summed E-state index contributed by atoms with van der Waals surface area (Å²) < 4.78 is 20.3. The fourth-order valence-corrected chi connectivity index (χ4v) is 3.42. The van der Waals surface area contributed by atoms with Crippen LogP contribution in [-0.2, 0) is 4.74 Å². The van der Waals surface area contributed by atoms with E-state index in [4.69, 9.17) is 4.74 Å². The summed E-state index contributed by atoms with van der Waals surface area (Å²) in [7, 11) is 0. The maximum atomic E-state index is 13.9. The Morgan fingerprint density at radius 3 is 2.47 bits per heavy atom. The number of carbonyl (C=O) groups is 1. The molecule has 1 unspecified atom stereocenters. The first kappa shape index (κ1) is 14.7. The van der Waals surface area contributed by atoms with Crippen molar-refractivity contribution >= 4 is 21.7 Å². The van der Waals surface area contributed by atoms with Gasteiger partial charge < -0.3 is 4.74 Å². The van der Waals surface area contributed by atoms with Crippen LogP contribution in [0.5, 0.6) is 0 Å². The van der Waals surface area contributed by atoms with E-state index >= 15 is 0 Å². The molecule has 0 amide bonds. The van der Waals surface area contributed by atoms with Crippen LogP contribution >= 0.6 is 15.9 Å². The lowest BCUT2D eigenvalue weighted by Gasteiger charge is -2.26. The molecule has 1 aromatic rings. The summed E-state index contributed by atoms with van der Waals surface area (Å²) in [4.78, 5) is 12.6. The number of hydrogen-bond donors (Lipinski definition) is 0. The molecule has 0 aromatic heterocycles. The molecule has 0 radical (unpaired) electrons. The van der Waals surface area contributed by atoms with Gasteiger partial charge in [0.2, 0.25) is 0 Å². The van der Waals surface area contributed by atoms with Crippen LogP contribution < -0.4 is 0 Å². The summed E-state index contributed by atoms with van der Waals surface area (Å²) >= 11 is 3.26. The van der Waals surface area contributed by atoms with Gasteiger partial charge >= 0.3 is 0 Å². The van der Waals surface area contributed by atoms with Gasteiger partial charge in [0.25, 0.3) is 0 Å². The molecular weight excluding hydrogens is 311 g/mol. The number of ether oxygens (including phenoxy) is 1. The maximum Gasteiger partial charge on any atom is 0.173 e. The highest BCUT2D eigenvalue weighted by Crippen LogP contribution is 2.44. The molecule has 104 valence electrons. The minimum atomic E-state index is -0.581. The third-order valence-electron chi connectivity index (χ3n) is 3.60. The molecule has 2 rings (SSSR count). The lowest BCUT2D eigenvalue weighted by molar-refractivity contribution is -0.0712. The molecule has 1 fully saturated rings. The normalized spacial score (nSPS) is 24.4. The van der Waals surface area contributed by atoms with Crippen LogP contribution in [0.4, 0.5) is 4.39 Å². The number of ketones is 1. The zero-order valence-electron chi connectivity index (χ0n) is 11.6. The first-order valence-corrected chi connectivity index (χ1v) is 7.12. The second-order valence-corrected chi connectivity index (χ2v) is 7.04. The van der Waals surface area contributed by atoms with Crippen molar-refractivity contribution in [3.05, 3.63) is 34.1 Å². The SMILES string of the molecule is CC1(C)CC(C(=O)c2c(F)cccc2Br)C(C)(C)O1. The van der Waals surface area contributed by atoms with Crippen LogP contribution in [-0.4, -0.2) is 17.0 Å². The monoisotopic (exact) mass is 328 g/mol. The van der Waals surface area contributed by atoms with Crippen LogP contribution in [0, 0.1) is 11.7 Å².